The van der Waals surface area contributed by atoms with Crippen LogP contribution in [0.3, 0.4) is 0 Å². The van der Waals surface area contributed by atoms with Crippen LogP contribution < -0.4 is 9.50 Å². The molecule has 2 saturated heterocycles. The Hall–Kier alpha value is -1.27. The maximum atomic E-state index is 12.6. The quantitative estimate of drug-likeness (QED) is 0.519. The number of morpholine rings is 1. The van der Waals surface area contributed by atoms with E-state index in [2.05, 4.69) is 9.50 Å². The second-order valence-electron chi connectivity index (χ2n) is 6.56. The summed E-state index contributed by atoms with van der Waals surface area (Å²) in [7, 11) is -5.87. The van der Waals surface area contributed by atoms with E-state index in [9.17, 15) is 26.4 Å². The second kappa shape index (κ2) is 8.46. The topological polar surface area (TPSA) is 84.9 Å². The van der Waals surface area contributed by atoms with Crippen LogP contribution in [-0.2, 0) is 19.6 Å². The summed E-state index contributed by atoms with van der Waals surface area (Å²) in [5.41, 5.74) is -5.27. The van der Waals surface area contributed by atoms with Gasteiger partial charge in [0.05, 0.1) is 29.2 Å². The van der Waals surface area contributed by atoms with Crippen LogP contribution >= 0.6 is 23.2 Å². The molecule has 1 N–H and O–H groups in total. The highest BCUT2D eigenvalue weighted by Gasteiger charge is 2.49. The first-order chi connectivity index (χ1) is 13.5. The Balaban J connectivity index is 1.99. The number of ether oxygens (including phenoxy) is 1. The van der Waals surface area contributed by atoms with Crippen LogP contribution in [-0.4, -0.2) is 57.6 Å². The summed E-state index contributed by atoms with van der Waals surface area (Å²) in [4.78, 5) is 14.3. The van der Waals surface area contributed by atoms with Gasteiger partial charge in [0.2, 0.25) is 5.91 Å². The van der Waals surface area contributed by atoms with Gasteiger partial charge in [-0.15, -0.1) is 0 Å². The second-order valence-corrected chi connectivity index (χ2v) is 8.92. The molecule has 2 unspecified atom stereocenters. The summed E-state index contributed by atoms with van der Waals surface area (Å²) >= 11 is 12.6. The Morgan fingerprint density at radius 1 is 1.21 bits per heavy atom. The maximum absolute atomic E-state index is 12.6. The number of benzene rings is 1. The Morgan fingerprint density at radius 3 is 2.28 bits per heavy atom. The smallest absolute Gasteiger partial charge is 0.379 e. The van der Waals surface area contributed by atoms with E-state index in [1.165, 1.54) is 0 Å². The van der Waals surface area contributed by atoms with Gasteiger partial charge in [0.25, 0.3) is 0 Å². The van der Waals surface area contributed by atoms with Crippen molar-refractivity contribution < 1.29 is 35.3 Å². The zero-order chi connectivity index (χ0) is 21.4. The lowest BCUT2D eigenvalue weighted by Crippen LogP contribution is -2.43. The highest BCUT2D eigenvalue weighted by molar-refractivity contribution is 7.88. The summed E-state index contributed by atoms with van der Waals surface area (Å²) in [6.07, 6.45) is 0.522. The number of carbonyl (C=O) groups excluding carboxylic acids is 1. The molecule has 2 heterocycles. The van der Waals surface area contributed by atoms with Gasteiger partial charge < -0.3 is 14.2 Å². The predicted octanol–water partition coefficient (Wildman–Crippen LogP) is 2.73. The number of halogens is 5. The highest BCUT2D eigenvalue weighted by Crippen LogP contribution is 2.43. The van der Waals surface area contributed by atoms with Gasteiger partial charge in [-0.25, -0.2) is 0 Å². The monoisotopic (exact) mass is 476 g/mol. The van der Waals surface area contributed by atoms with Crippen molar-refractivity contribution >= 4 is 39.2 Å². The van der Waals surface area contributed by atoms with Crippen LogP contribution in [0, 0.1) is 5.92 Å². The molecule has 162 valence electrons. The van der Waals surface area contributed by atoms with Crippen LogP contribution in [0.25, 0.3) is 0 Å². The molecule has 0 aliphatic carbocycles. The number of alkyl halides is 3. The Morgan fingerprint density at radius 2 is 1.79 bits per heavy atom. The van der Waals surface area contributed by atoms with Gasteiger partial charge in [-0.05, 0) is 6.42 Å². The number of nitrogens with zero attached hydrogens (tertiary/aromatic N) is 1. The molecule has 0 spiro atoms. The van der Waals surface area contributed by atoms with E-state index in [4.69, 9.17) is 27.9 Å². The van der Waals surface area contributed by atoms with Gasteiger partial charge in [0.1, 0.15) is 5.75 Å². The molecule has 1 aromatic rings. The van der Waals surface area contributed by atoms with E-state index in [1.54, 1.807) is 0 Å². The van der Waals surface area contributed by atoms with Crippen LogP contribution in [0.2, 0.25) is 10.0 Å². The fourth-order valence-corrected chi connectivity index (χ4v) is 4.61. The first kappa shape index (κ1) is 22.4. The maximum Gasteiger partial charge on any atom is 0.534 e. The zero-order valence-corrected chi connectivity index (χ0v) is 17.2. The molecular weight excluding hydrogens is 460 g/mol. The number of hydrogen-bond acceptors (Lipinski definition) is 6. The lowest BCUT2D eigenvalue weighted by atomic mass is 9.89. The number of carbonyl (C=O) groups is 1. The first-order valence-corrected chi connectivity index (χ1v) is 10.8. The number of hydrogen-bond donors (Lipinski definition) is 1. The molecule has 0 saturated carbocycles. The molecular formula is C16H17Cl2F3N2O5S. The average molecular weight is 477 g/mol. The lowest BCUT2D eigenvalue weighted by molar-refractivity contribution is -0.125. The first-order valence-electron chi connectivity index (χ1n) is 8.60. The van der Waals surface area contributed by atoms with Crippen LogP contribution in [0.5, 0.6) is 5.75 Å². The van der Waals surface area contributed by atoms with E-state index >= 15 is 0 Å². The Kier molecular flexibility index (Phi) is 6.54. The number of rotatable bonds is 5. The van der Waals surface area contributed by atoms with E-state index in [1.807, 2.05) is 4.90 Å². The molecule has 1 amide bonds. The van der Waals surface area contributed by atoms with Crippen LogP contribution in [0.1, 0.15) is 18.0 Å². The Labute approximate surface area is 175 Å². The minimum atomic E-state index is -5.87. The van der Waals surface area contributed by atoms with E-state index in [0.29, 0.717) is 44.8 Å². The van der Waals surface area contributed by atoms with E-state index < -0.39 is 33.3 Å². The third kappa shape index (κ3) is 4.74. The molecule has 13 heteroatoms. The van der Waals surface area contributed by atoms with Crippen molar-refractivity contribution in [1.29, 1.82) is 0 Å². The van der Waals surface area contributed by atoms with Gasteiger partial charge in [0, 0.05) is 43.4 Å². The fraction of sp³-hybridized carbons (Fsp3) is 0.562. The standard InChI is InChI=1S/C16H17Cl2F3N2O5S/c17-11-7-9(28-29(25,26)16(19,20)21)8-12(18)13(11)14(10-1-2-22-15(10)24)23-3-5-27-6-4-23/h7-8,10,14H,1-6H2,(H,22,24). The third-order valence-electron chi connectivity index (χ3n) is 4.75. The third-order valence-corrected chi connectivity index (χ3v) is 6.35. The lowest BCUT2D eigenvalue weighted by Gasteiger charge is -2.38. The molecule has 2 aliphatic rings. The van der Waals surface area contributed by atoms with Crippen LogP contribution in [0.15, 0.2) is 12.1 Å². The molecule has 2 fully saturated rings. The molecule has 2 aliphatic heterocycles. The number of nitrogens with one attached hydrogen (secondary N) is 1. The summed E-state index contributed by atoms with van der Waals surface area (Å²) in [5, 5.41) is 2.55. The van der Waals surface area contributed by atoms with Crippen LogP contribution in [0.4, 0.5) is 13.2 Å². The van der Waals surface area contributed by atoms with Crippen molar-refractivity contribution in [3.05, 3.63) is 27.7 Å². The fourth-order valence-electron chi connectivity index (χ4n) is 3.47. The summed E-state index contributed by atoms with van der Waals surface area (Å²) < 4.78 is 69.7. The van der Waals surface area contributed by atoms with Crippen molar-refractivity contribution in [2.24, 2.45) is 5.92 Å². The van der Waals surface area contributed by atoms with Crippen molar-refractivity contribution in [1.82, 2.24) is 10.2 Å². The Bertz CT molecular complexity index is 868. The summed E-state index contributed by atoms with van der Waals surface area (Å²) in [6, 6.07) is 1.35. The molecule has 2 atom stereocenters. The van der Waals surface area contributed by atoms with Gasteiger partial charge in [-0.1, -0.05) is 23.2 Å². The summed E-state index contributed by atoms with van der Waals surface area (Å²) in [5.74, 6) is -1.33. The van der Waals surface area contributed by atoms with Gasteiger partial charge in [-0.3, -0.25) is 9.69 Å². The van der Waals surface area contributed by atoms with Crippen molar-refractivity contribution in [2.45, 2.75) is 18.0 Å². The van der Waals surface area contributed by atoms with Gasteiger partial charge in [-0.2, -0.15) is 21.6 Å². The molecule has 29 heavy (non-hydrogen) atoms. The molecule has 0 radical (unpaired) electrons. The highest BCUT2D eigenvalue weighted by atomic mass is 35.5. The van der Waals surface area contributed by atoms with E-state index in [0.717, 1.165) is 12.1 Å². The minimum absolute atomic E-state index is 0.0962. The zero-order valence-electron chi connectivity index (χ0n) is 14.8. The predicted molar refractivity (Wildman–Crippen MR) is 98.3 cm³/mol. The van der Waals surface area contributed by atoms with Crippen molar-refractivity contribution in [2.75, 3.05) is 32.8 Å². The molecule has 1 aromatic carbocycles. The SMILES string of the molecule is O=C1NCCC1C(c1c(Cl)cc(OS(=O)(=O)C(F)(F)F)cc1Cl)N1CCOCC1. The molecule has 7 nitrogen and oxygen atoms in total. The summed E-state index contributed by atoms with van der Waals surface area (Å²) in [6.45, 7) is 2.35. The normalized spacial score (nSPS) is 22.4. The molecule has 0 aromatic heterocycles. The molecule has 0 bridgehead atoms. The van der Waals surface area contributed by atoms with Crippen molar-refractivity contribution in [3.8, 4) is 5.75 Å². The van der Waals surface area contributed by atoms with Crippen molar-refractivity contribution in [3.63, 3.8) is 0 Å². The number of amides is 1. The minimum Gasteiger partial charge on any atom is -0.379 e. The van der Waals surface area contributed by atoms with E-state index in [-0.39, 0.29) is 16.0 Å². The van der Waals surface area contributed by atoms with Gasteiger partial charge in [0.15, 0.2) is 0 Å². The average Bonchev–Trinajstić information content (AvgIpc) is 3.03. The van der Waals surface area contributed by atoms with Gasteiger partial charge >= 0.3 is 15.6 Å². The largest absolute Gasteiger partial charge is 0.534 e. The molecule has 3 rings (SSSR count).